The highest BCUT2D eigenvalue weighted by molar-refractivity contribution is 9.11. The van der Waals surface area contributed by atoms with Crippen molar-refractivity contribution in [2.45, 2.75) is 31.7 Å². The number of halogens is 1. The molecule has 1 saturated carbocycles. The van der Waals surface area contributed by atoms with Crippen LogP contribution in [0.5, 0.6) is 0 Å². The Hall–Kier alpha value is -0.390. The van der Waals surface area contributed by atoms with Gasteiger partial charge in [0.1, 0.15) is 0 Å². The van der Waals surface area contributed by atoms with Crippen LogP contribution in [0.15, 0.2) is 15.9 Å². The molecule has 2 atom stereocenters. The molecule has 3 N–H and O–H groups in total. The molecule has 5 heteroatoms. The second kappa shape index (κ2) is 5.50. The molecule has 1 aromatic heterocycles. The third kappa shape index (κ3) is 3.53. The van der Waals surface area contributed by atoms with Gasteiger partial charge >= 0.3 is 0 Å². The van der Waals surface area contributed by atoms with Crippen LogP contribution in [0.1, 0.15) is 30.6 Å². The first kappa shape index (κ1) is 13.1. The van der Waals surface area contributed by atoms with E-state index in [9.17, 15) is 4.79 Å². The van der Waals surface area contributed by atoms with Gasteiger partial charge in [0, 0.05) is 17.5 Å². The Morgan fingerprint density at radius 3 is 2.88 bits per heavy atom. The zero-order valence-corrected chi connectivity index (χ0v) is 12.2. The van der Waals surface area contributed by atoms with Crippen molar-refractivity contribution >= 4 is 33.2 Å². The number of nitrogens with two attached hydrogens (primary N) is 1. The van der Waals surface area contributed by atoms with Crippen LogP contribution in [0.3, 0.4) is 0 Å². The maximum absolute atomic E-state index is 11.9. The van der Waals surface area contributed by atoms with Crippen molar-refractivity contribution in [2.24, 2.45) is 11.7 Å². The van der Waals surface area contributed by atoms with Crippen LogP contribution in [-0.4, -0.2) is 18.5 Å². The van der Waals surface area contributed by atoms with Gasteiger partial charge in [-0.3, -0.25) is 4.79 Å². The van der Waals surface area contributed by atoms with Gasteiger partial charge in [-0.1, -0.05) is 0 Å². The van der Waals surface area contributed by atoms with Crippen molar-refractivity contribution < 1.29 is 4.79 Å². The van der Waals surface area contributed by atoms with E-state index in [1.807, 2.05) is 19.1 Å². The predicted octanol–water partition coefficient (Wildman–Crippen LogP) is 2.47. The fourth-order valence-electron chi connectivity index (χ4n) is 1.75. The third-order valence-electron chi connectivity index (χ3n) is 3.15. The summed E-state index contributed by atoms with van der Waals surface area (Å²) in [5.74, 6) is 0.592. The van der Waals surface area contributed by atoms with Gasteiger partial charge in [-0.2, -0.15) is 0 Å². The highest BCUT2D eigenvalue weighted by Crippen LogP contribution is 2.31. The summed E-state index contributed by atoms with van der Waals surface area (Å²) in [6.07, 6.45) is 2.43. The predicted molar refractivity (Wildman–Crippen MR) is 74.1 cm³/mol. The van der Waals surface area contributed by atoms with Crippen molar-refractivity contribution in [3.05, 3.63) is 20.8 Å². The van der Waals surface area contributed by atoms with E-state index in [2.05, 4.69) is 21.2 Å². The lowest BCUT2D eigenvalue weighted by atomic mass is 10.1. The molecule has 1 aromatic rings. The molecule has 1 aliphatic rings. The van der Waals surface area contributed by atoms with Gasteiger partial charge in [-0.25, -0.2) is 0 Å². The molecule has 2 rings (SSSR count). The SMILES string of the molecule is CC(C(=O)NCC(N)C1CC1)c1ccc(Br)s1. The van der Waals surface area contributed by atoms with Crippen LogP contribution >= 0.6 is 27.3 Å². The van der Waals surface area contributed by atoms with E-state index in [0.29, 0.717) is 12.5 Å². The fraction of sp³-hybridized carbons (Fsp3) is 0.583. The van der Waals surface area contributed by atoms with Crippen molar-refractivity contribution in [3.63, 3.8) is 0 Å². The zero-order valence-electron chi connectivity index (χ0n) is 9.78. The third-order valence-corrected chi connectivity index (χ3v) is 4.96. The molecule has 0 spiro atoms. The standard InChI is InChI=1S/C12H17BrN2OS/c1-7(10-4-5-11(13)17-10)12(16)15-6-9(14)8-2-3-8/h4-5,7-9H,2-3,6,14H2,1H3,(H,15,16). The van der Waals surface area contributed by atoms with Crippen LogP contribution in [-0.2, 0) is 4.79 Å². The Morgan fingerprint density at radius 1 is 1.65 bits per heavy atom. The van der Waals surface area contributed by atoms with Crippen LogP contribution in [0.2, 0.25) is 0 Å². The Labute approximate surface area is 114 Å². The molecule has 1 amide bonds. The van der Waals surface area contributed by atoms with Crippen LogP contribution in [0.25, 0.3) is 0 Å². The molecule has 0 aliphatic heterocycles. The van der Waals surface area contributed by atoms with E-state index < -0.39 is 0 Å². The van der Waals surface area contributed by atoms with Gasteiger partial charge in [0.25, 0.3) is 0 Å². The van der Waals surface area contributed by atoms with E-state index in [1.165, 1.54) is 12.8 Å². The van der Waals surface area contributed by atoms with E-state index in [4.69, 9.17) is 5.73 Å². The molecule has 17 heavy (non-hydrogen) atoms. The molecule has 2 unspecified atom stereocenters. The Balaban J connectivity index is 1.82. The lowest BCUT2D eigenvalue weighted by molar-refractivity contribution is -0.122. The highest BCUT2D eigenvalue weighted by atomic mass is 79.9. The molecule has 3 nitrogen and oxygen atoms in total. The number of carbonyl (C=O) groups excluding carboxylic acids is 1. The van der Waals surface area contributed by atoms with Crippen molar-refractivity contribution in [1.29, 1.82) is 0 Å². The number of rotatable bonds is 5. The topological polar surface area (TPSA) is 55.1 Å². The van der Waals surface area contributed by atoms with Crippen LogP contribution in [0.4, 0.5) is 0 Å². The highest BCUT2D eigenvalue weighted by Gasteiger charge is 2.29. The number of hydrogen-bond donors (Lipinski definition) is 2. The van der Waals surface area contributed by atoms with Gasteiger partial charge in [0.05, 0.1) is 9.70 Å². The summed E-state index contributed by atoms with van der Waals surface area (Å²) in [6, 6.07) is 4.08. The lowest BCUT2D eigenvalue weighted by Crippen LogP contribution is -2.40. The Bertz CT molecular complexity index is 403. The van der Waals surface area contributed by atoms with Gasteiger partial charge in [-0.15, -0.1) is 11.3 Å². The molecule has 0 saturated heterocycles. The smallest absolute Gasteiger partial charge is 0.228 e. The second-order valence-electron chi connectivity index (χ2n) is 4.61. The Kier molecular flexibility index (Phi) is 4.22. The van der Waals surface area contributed by atoms with Crippen molar-refractivity contribution in [1.82, 2.24) is 5.32 Å². The molecule has 1 fully saturated rings. The molecule has 0 radical (unpaired) electrons. The fourth-order valence-corrected chi connectivity index (χ4v) is 3.23. The monoisotopic (exact) mass is 316 g/mol. The van der Waals surface area contributed by atoms with Crippen molar-refractivity contribution in [2.75, 3.05) is 6.54 Å². The minimum Gasteiger partial charge on any atom is -0.354 e. The normalized spacial score (nSPS) is 18.8. The summed E-state index contributed by atoms with van der Waals surface area (Å²) in [4.78, 5) is 13.0. The largest absolute Gasteiger partial charge is 0.354 e. The summed E-state index contributed by atoms with van der Waals surface area (Å²) in [7, 11) is 0. The zero-order chi connectivity index (χ0) is 12.4. The maximum atomic E-state index is 11.9. The molecular formula is C12H17BrN2OS. The summed E-state index contributed by atoms with van der Waals surface area (Å²) in [6.45, 7) is 2.52. The maximum Gasteiger partial charge on any atom is 0.228 e. The number of thiophene rings is 1. The number of nitrogens with one attached hydrogen (secondary N) is 1. The summed E-state index contributed by atoms with van der Waals surface area (Å²) in [5.41, 5.74) is 5.95. The van der Waals surface area contributed by atoms with E-state index in [-0.39, 0.29) is 17.9 Å². The number of carbonyl (C=O) groups is 1. The first-order valence-corrected chi connectivity index (χ1v) is 7.47. The van der Waals surface area contributed by atoms with E-state index in [1.54, 1.807) is 11.3 Å². The first-order valence-electron chi connectivity index (χ1n) is 5.86. The van der Waals surface area contributed by atoms with Crippen LogP contribution < -0.4 is 11.1 Å². The first-order chi connectivity index (χ1) is 8.08. The van der Waals surface area contributed by atoms with Gasteiger partial charge in [0.15, 0.2) is 0 Å². The Morgan fingerprint density at radius 2 is 2.35 bits per heavy atom. The van der Waals surface area contributed by atoms with Crippen molar-refractivity contribution in [3.8, 4) is 0 Å². The minimum absolute atomic E-state index is 0.0652. The molecule has 1 heterocycles. The quantitative estimate of drug-likeness (QED) is 0.876. The molecule has 0 aromatic carbocycles. The number of amides is 1. The summed E-state index contributed by atoms with van der Waals surface area (Å²) in [5, 5.41) is 2.94. The minimum atomic E-state index is -0.0993. The molecular weight excluding hydrogens is 300 g/mol. The molecule has 94 valence electrons. The van der Waals surface area contributed by atoms with Gasteiger partial charge in [-0.05, 0) is 53.7 Å². The molecule has 1 aliphatic carbocycles. The summed E-state index contributed by atoms with van der Waals surface area (Å²) >= 11 is 5.01. The molecule has 0 bridgehead atoms. The lowest BCUT2D eigenvalue weighted by Gasteiger charge is -2.14. The average Bonchev–Trinajstić information content (AvgIpc) is 3.07. The van der Waals surface area contributed by atoms with Gasteiger partial charge < -0.3 is 11.1 Å². The van der Waals surface area contributed by atoms with E-state index in [0.717, 1.165) is 8.66 Å². The summed E-state index contributed by atoms with van der Waals surface area (Å²) < 4.78 is 1.06. The van der Waals surface area contributed by atoms with Gasteiger partial charge in [0.2, 0.25) is 5.91 Å². The second-order valence-corrected chi connectivity index (χ2v) is 7.10. The average molecular weight is 317 g/mol. The van der Waals surface area contributed by atoms with Crippen LogP contribution in [0, 0.1) is 5.92 Å². The van der Waals surface area contributed by atoms with E-state index >= 15 is 0 Å². The number of hydrogen-bond acceptors (Lipinski definition) is 3.